The quantitative estimate of drug-likeness (QED) is 0.399. The van der Waals surface area contributed by atoms with Gasteiger partial charge in [0.25, 0.3) is 5.22 Å². The fourth-order valence-electron chi connectivity index (χ4n) is 2.86. The number of alkyl halides is 2. The van der Waals surface area contributed by atoms with E-state index in [0.29, 0.717) is 24.2 Å². The highest BCUT2D eigenvalue weighted by Gasteiger charge is 2.22. The second-order valence-electron chi connectivity index (χ2n) is 6.27. The molecule has 3 rings (SSSR count). The number of aromatic nitrogens is 2. The van der Waals surface area contributed by atoms with Gasteiger partial charge in [0.15, 0.2) is 0 Å². The highest BCUT2D eigenvalue weighted by molar-refractivity contribution is 7.98. The average Bonchev–Trinajstić information content (AvgIpc) is 3.23. The summed E-state index contributed by atoms with van der Waals surface area (Å²) in [5.74, 6) is 0.524. The van der Waals surface area contributed by atoms with Gasteiger partial charge in [0.05, 0.1) is 4.90 Å². The number of halogens is 2. The van der Waals surface area contributed by atoms with Crippen molar-refractivity contribution in [1.29, 1.82) is 0 Å². The number of para-hydroxylation sites is 1. The first-order valence-corrected chi connectivity index (χ1v) is 11.9. The highest BCUT2D eigenvalue weighted by atomic mass is 32.2. The van der Waals surface area contributed by atoms with Gasteiger partial charge in [-0.1, -0.05) is 49.9 Å². The predicted molar refractivity (Wildman–Crippen MR) is 112 cm³/mol. The number of thioether (sulfide) groups is 1. The molecule has 2 aromatic carbocycles. The van der Waals surface area contributed by atoms with Crippen LogP contribution in [0.25, 0.3) is 11.5 Å². The normalized spacial score (nSPS) is 11.9. The maximum Gasteiger partial charge on any atom is 0.387 e. The third kappa shape index (κ3) is 5.60. The number of ether oxygens (including phenoxy) is 1. The fraction of sp³-hybridized carbons (Fsp3) is 0.300. The van der Waals surface area contributed by atoms with Crippen LogP contribution in [0.1, 0.15) is 19.4 Å². The molecule has 3 aromatic rings. The van der Waals surface area contributed by atoms with Crippen molar-refractivity contribution in [3.63, 3.8) is 0 Å². The average molecular weight is 470 g/mol. The molecule has 0 atom stereocenters. The number of hydrogen-bond donors (Lipinski definition) is 0. The summed E-state index contributed by atoms with van der Waals surface area (Å²) < 4.78 is 62.1. The number of benzene rings is 2. The summed E-state index contributed by atoms with van der Waals surface area (Å²) in [6.45, 7) is 1.36. The Bertz CT molecular complexity index is 1120. The van der Waals surface area contributed by atoms with Crippen LogP contribution < -0.4 is 4.74 Å². The molecule has 11 heteroatoms. The van der Waals surface area contributed by atoms with E-state index in [-0.39, 0.29) is 27.5 Å². The van der Waals surface area contributed by atoms with Crippen molar-refractivity contribution in [2.24, 2.45) is 0 Å². The molecule has 31 heavy (non-hydrogen) atoms. The molecule has 0 N–H and O–H groups in total. The number of sulfonamides is 1. The molecule has 0 saturated carbocycles. The van der Waals surface area contributed by atoms with E-state index in [0.717, 1.165) is 11.8 Å². The monoisotopic (exact) mass is 469 g/mol. The minimum Gasteiger partial charge on any atom is -0.435 e. The van der Waals surface area contributed by atoms with Crippen LogP contribution in [0.5, 0.6) is 5.75 Å². The Morgan fingerprint density at radius 2 is 1.84 bits per heavy atom. The van der Waals surface area contributed by atoms with Gasteiger partial charge in [-0.3, -0.25) is 0 Å². The second-order valence-corrected chi connectivity index (χ2v) is 9.13. The molecule has 0 bridgehead atoms. The zero-order valence-electron chi connectivity index (χ0n) is 16.9. The van der Waals surface area contributed by atoms with Gasteiger partial charge in [-0.2, -0.15) is 13.1 Å². The van der Waals surface area contributed by atoms with Crippen LogP contribution in [-0.2, 0) is 15.8 Å². The van der Waals surface area contributed by atoms with Crippen LogP contribution in [0.3, 0.4) is 0 Å². The first kappa shape index (κ1) is 23.2. The number of hydrogen-bond acceptors (Lipinski definition) is 7. The summed E-state index contributed by atoms with van der Waals surface area (Å²) in [5, 5.41) is 8.16. The van der Waals surface area contributed by atoms with Crippen molar-refractivity contribution in [2.75, 3.05) is 13.1 Å². The van der Waals surface area contributed by atoms with Gasteiger partial charge in [-0.15, -0.1) is 10.2 Å². The van der Waals surface area contributed by atoms with Crippen LogP contribution in [-0.4, -0.2) is 42.6 Å². The van der Waals surface area contributed by atoms with Crippen molar-refractivity contribution >= 4 is 21.8 Å². The van der Waals surface area contributed by atoms with Crippen LogP contribution in [0.4, 0.5) is 8.78 Å². The van der Waals surface area contributed by atoms with Gasteiger partial charge in [-0.05, 0) is 24.3 Å². The maximum atomic E-state index is 12.7. The molecule has 0 amide bonds. The zero-order valence-corrected chi connectivity index (χ0v) is 18.5. The van der Waals surface area contributed by atoms with E-state index in [1.807, 2.05) is 0 Å². The van der Waals surface area contributed by atoms with E-state index in [1.54, 1.807) is 44.2 Å². The molecule has 0 fully saturated rings. The SMILES string of the molecule is CCN(CC)S(=O)(=O)c1cccc(-c2nnc(SCc3ccccc3OC(F)F)o2)c1. The van der Waals surface area contributed by atoms with E-state index >= 15 is 0 Å². The predicted octanol–water partition coefficient (Wildman–Crippen LogP) is 4.66. The minimum absolute atomic E-state index is 0.0825. The van der Waals surface area contributed by atoms with Crippen molar-refractivity contribution < 1.29 is 26.4 Å². The largest absolute Gasteiger partial charge is 0.435 e. The van der Waals surface area contributed by atoms with Crippen molar-refractivity contribution in [3.05, 3.63) is 54.1 Å². The van der Waals surface area contributed by atoms with Gasteiger partial charge >= 0.3 is 6.61 Å². The summed E-state index contributed by atoms with van der Waals surface area (Å²) in [7, 11) is -3.62. The van der Waals surface area contributed by atoms with Crippen LogP contribution >= 0.6 is 11.8 Å². The van der Waals surface area contributed by atoms with Crippen molar-refractivity contribution in [3.8, 4) is 17.2 Å². The molecule has 0 aliphatic heterocycles. The van der Waals surface area contributed by atoms with Crippen LogP contribution in [0.2, 0.25) is 0 Å². The van der Waals surface area contributed by atoms with Crippen LogP contribution in [0, 0.1) is 0 Å². The smallest absolute Gasteiger partial charge is 0.387 e. The topological polar surface area (TPSA) is 85.5 Å². The third-order valence-electron chi connectivity index (χ3n) is 4.37. The lowest BCUT2D eigenvalue weighted by atomic mass is 10.2. The molecule has 166 valence electrons. The van der Waals surface area contributed by atoms with E-state index < -0.39 is 16.6 Å². The first-order chi connectivity index (χ1) is 14.8. The molecule has 0 aliphatic rings. The maximum absolute atomic E-state index is 12.7. The van der Waals surface area contributed by atoms with E-state index in [9.17, 15) is 17.2 Å². The van der Waals surface area contributed by atoms with Crippen LogP contribution in [0.15, 0.2) is 63.1 Å². The van der Waals surface area contributed by atoms with Gasteiger partial charge in [-0.25, -0.2) is 8.42 Å². The molecular formula is C20H21F2N3O4S2. The summed E-state index contributed by atoms with van der Waals surface area (Å²) in [5.41, 5.74) is 1.02. The van der Waals surface area contributed by atoms with E-state index in [2.05, 4.69) is 14.9 Å². The van der Waals surface area contributed by atoms with Gasteiger partial charge in [0.1, 0.15) is 5.75 Å². The van der Waals surface area contributed by atoms with E-state index in [1.165, 1.54) is 22.5 Å². The Morgan fingerprint density at radius 3 is 2.55 bits per heavy atom. The lowest BCUT2D eigenvalue weighted by Gasteiger charge is -2.18. The number of rotatable bonds is 10. The summed E-state index contributed by atoms with van der Waals surface area (Å²) in [4.78, 5) is 0.138. The third-order valence-corrected chi connectivity index (χ3v) is 7.28. The molecule has 0 aliphatic carbocycles. The summed E-state index contributed by atoms with van der Waals surface area (Å²) in [6, 6.07) is 12.7. The minimum atomic E-state index is -3.62. The van der Waals surface area contributed by atoms with Crippen molar-refractivity contribution in [1.82, 2.24) is 14.5 Å². The van der Waals surface area contributed by atoms with Gasteiger partial charge in [0, 0.05) is 30.0 Å². The Labute approximate surface area is 183 Å². The highest BCUT2D eigenvalue weighted by Crippen LogP contribution is 2.30. The molecule has 0 unspecified atom stereocenters. The molecule has 0 spiro atoms. The molecule has 0 radical (unpaired) electrons. The molecular weight excluding hydrogens is 448 g/mol. The Kier molecular flexibility index (Phi) is 7.63. The zero-order chi connectivity index (χ0) is 22.4. The lowest BCUT2D eigenvalue weighted by Crippen LogP contribution is -2.30. The molecule has 1 aromatic heterocycles. The first-order valence-electron chi connectivity index (χ1n) is 9.44. The fourth-order valence-corrected chi connectivity index (χ4v) is 5.12. The lowest BCUT2D eigenvalue weighted by molar-refractivity contribution is -0.0503. The number of nitrogens with zero attached hydrogens (tertiary/aromatic N) is 3. The Balaban J connectivity index is 1.76. The van der Waals surface area contributed by atoms with E-state index in [4.69, 9.17) is 4.42 Å². The van der Waals surface area contributed by atoms with Gasteiger partial charge in [0.2, 0.25) is 15.9 Å². The summed E-state index contributed by atoms with van der Waals surface area (Å²) in [6.07, 6.45) is 0. The Hall–Kier alpha value is -2.50. The molecule has 0 saturated heterocycles. The summed E-state index contributed by atoms with van der Waals surface area (Å²) >= 11 is 1.16. The molecule has 7 nitrogen and oxygen atoms in total. The Morgan fingerprint density at radius 1 is 1.10 bits per heavy atom. The molecule has 1 heterocycles. The standard InChI is InChI=1S/C20H21F2N3O4S2/c1-3-25(4-2)31(26,27)16-10-7-9-14(12-16)18-23-24-20(29-18)30-13-15-8-5-6-11-17(15)28-19(21)22/h5-12,19H,3-4,13H2,1-2H3. The van der Waals surface area contributed by atoms with Crippen molar-refractivity contribution in [2.45, 2.75) is 36.3 Å². The second kappa shape index (κ2) is 10.2. The van der Waals surface area contributed by atoms with Gasteiger partial charge < -0.3 is 9.15 Å².